The number of anilines is 1. The summed E-state index contributed by atoms with van der Waals surface area (Å²) in [4.78, 5) is 28.9. The number of aromatic nitrogens is 2. The fourth-order valence-electron chi connectivity index (χ4n) is 8.95. The second kappa shape index (κ2) is 13.8. The number of amides is 1. The summed E-state index contributed by atoms with van der Waals surface area (Å²) >= 11 is 0. The lowest BCUT2D eigenvalue weighted by atomic mass is 9.93. The molecule has 4 aliphatic heterocycles. The van der Waals surface area contributed by atoms with Crippen LogP contribution in [0, 0.1) is 24.0 Å². The largest absolute Gasteiger partial charge is 0.468 e. The number of methoxy groups -OCH3 is 1. The smallest absolute Gasteiger partial charge is 0.410 e. The van der Waals surface area contributed by atoms with Crippen LogP contribution in [0.25, 0.3) is 32.8 Å². The van der Waals surface area contributed by atoms with Crippen LogP contribution in [-0.2, 0) is 9.47 Å². The molecule has 4 aliphatic rings. The van der Waals surface area contributed by atoms with Gasteiger partial charge in [-0.25, -0.2) is 18.0 Å². The summed E-state index contributed by atoms with van der Waals surface area (Å²) in [6, 6.07) is 9.22. The molecule has 2 bridgehead atoms. The van der Waals surface area contributed by atoms with E-state index in [1.165, 1.54) is 13.2 Å². The van der Waals surface area contributed by atoms with Gasteiger partial charge in [-0.1, -0.05) is 18.1 Å². The topological polar surface area (TPSA) is 89.5 Å². The van der Waals surface area contributed by atoms with E-state index >= 15 is 8.78 Å². The molecule has 0 radical (unpaired) electrons. The molecule has 4 aromatic rings. The van der Waals surface area contributed by atoms with Gasteiger partial charge in [0.15, 0.2) is 12.6 Å². The number of carbonyl (C=O) groups excluding carboxylic acids is 1. The van der Waals surface area contributed by atoms with Gasteiger partial charge in [0, 0.05) is 49.5 Å². The third-order valence-electron chi connectivity index (χ3n) is 11.2. The van der Waals surface area contributed by atoms with Crippen molar-refractivity contribution in [2.45, 2.75) is 82.3 Å². The van der Waals surface area contributed by atoms with Gasteiger partial charge in [-0.05, 0) is 88.2 Å². The van der Waals surface area contributed by atoms with E-state index < -0.39 is 28.9 Å². The molecule has 8 rings (SSSR count). The highest BCUT2D eigenvalue weighted by Crippen LogP contribution is 2.43. The first-order chi connectivity index (χ1) is 25.9. The van der Waals surface area contributed by atoms with Crippen LogP contribution in [0.5, 0.6) is 11.8 Å². The molecule has 13 heteroatoms. The monoisotopic (exact) mass is 743 g/mol. The number of benzene rings is 3. The Balaban J connectivity index is 1.24. The number of piperazine rings is 1. The third kappa shape index (κ3) is 6.43. The standard InChI is InChI=1S/C41H44F3N5O5/c1-6-29-33(43)13-8-24-16-28(53-23-51-5)17-32(34(24)29)30-11-12-31-36(35(30)44)45-38(52-22-41-14-7-15-48(41)19-25(42)18-41)46-37(31)47-20-26-9-10-27(21-47)49(26)39(50)54-40(2,3)4/h1,8,11-13,16-17,25-27H,7,9-10,14-15,18-23H2,2-5H3/t25-,26?,27?,41+/m1/s1. The molecule has 54 heavy (non-hydrogen) atoms. The minimum absolute atomic E-state index is 0.00000977. The lowest BCUT2D eigenvalue weighted by Crippen LogP contribution is -2.57. The maximum absolute atomic E-state index is 17.3. The lowest BCUT2D eigenvalue weighted by Gasteiger charge is -2.42. The van der Waals surface area contributed by atoms with Crippen LogP contribution in [0.15, 0.2) is 36.4 Å². The summed E-state index contributed by atoms with van der Waals surface area (Å²) in [5, 5.41) is 1.35. The van der Waals surface area contributed by atoms with Crippen molar-refractivity contribution in [1.29, 1.82) is 0 Å². The average molecular weight is 744 g/mol. The van der Waals surface area contributed by atoms with Gasteiger partial charge in [0.2, 0.25) is 0 Å². The molecular weight excluding hydrogens is 699 g/mol. The predicted molar refractivity (Wildman–Crippen MR) is 198 cm³/mol. The van der Waals surface area contributed by atoms with E-state index in [1.54, 1.807) is 30.3 Å². The summed E-state index contributed by atoms with van der Waals surface area (Å²) < 4.78 is 70.1. The van der Waals surface area contributed by atoms with E-state index in [9.17, 15) is 9.18 Å². The quantitative estimate of drug-likeness (QED) is 0.137. The number of halogens is 3. The molecule has 4 atom stereocenters. The van der Waals surface area contributed by atoms with Crippen molar-refractivity contribution in [1.82, 2.24) is 19.8 Å². The number of rotatable bonds is 8. The molecule has 0 aliphatic carbocycles. The number of hydrogen-bond acceptors (Lipinski definition) is 9. The maximum Gasteiger partial charge on any atom is 0.410 e. The van der Waals surface area contributed by atoms with Gasteiger partial charge in [0.05, 0.1) is 23.2 Å². The molecule has 284 valence electrons. The molecule has 10 nitrogen and oxygen atoms in total. The Kier molecular flexibility index (Phi) is 9.25. The van der Waals surface area contributed by atoms with Crippen molar-refractivity contribution in [3.8, 4) is 35.2 Å². The summed E-state index contributed by atoms with van der Waals surface area (Å²) in [5.41, 5.74) is -0.680. The number of alkyl halides is 1. The first-order valence-corrected chi connectivity index (χ1v) is 18.5. The Morgan fingerprint density at radius 2 is 1.81 bits per heavy atom. The van der Waals surface area contributed by atoms with E-state index in [-0.39, 0.29) is 54.2 Å². The summed E-state index contributed by atoms with van der Waals surface area (Å²) in [6.45, 7) is 7.68. The highest BCUT2D eigenvalue weighted by Gasteiger charge is 2.50. The molecule has 3 aromatic carbocycles. The molecule has 0 N–H and O–H groups in total. The number of carbonyl (C=O) groups is 1. The molecule has 0 saturated carbocycles. The number of fused-ring (bicyclic) bond motifs is 5. The highest BCUT2D eigenvalue weighted by atomic mass is 19.1. The Morgan fingerprint density at radius 1 is 1.04 bits per heavy atom. The molecule has 5 heterocycles. The van der Waals surface area contributed by atoms with Crippen LogP contribution in [0.2, 0.25) is 0 Å². The first kappa shape index (κ1) is 36.2. The van der Waals surface area contributed by atoms with Crippen molar-refractivity contribution < 1.29 is 36.9 Å². The summed E-state index contributed by atoms with van der Waals surface area (Å²) in [7, 11) is 1.49. The van der Waals surface area contributed by atoms with E-state index in [2.05, 4.69) is 20.7 Å². The fraction of sp³-hybridized carbons (Fsp3) is 0.488. The Labute approximate surface area is 312 Å². The van der Waals surface area contributed by atoms with Crippen molar-refractivity contribution in [3.05, 3.63) is 53.6 Å². The number of hydrogen-bond donors (Lipinski definition) is 0. The van der Waals surface area contributed by atoms with Gasteiger partial charge in [-0.15, -0.1) is 6.42 Å². The zero-order chi connectivity index (χ0) is 37.9. The van der Waals surface area contributed by atoms with Gasteiger partial charge >= 0.3 is 12.1 Å². The van der Waals surface area contributed by atoms with Crippen molar-refractivity contribution in [3.63, 3.8) is 0 Å². The fourth-order valence-corrected chi connectivity index (χ4v) is 8.95. The van der Waals surface area contributed by atoms with Gasteiger partial charge in [0.25, 0.3) is 0 Å². The van der Waals surface area contributed by atoms with Crippen LogP contribution < -0.4 is 14.4 Å². The second-order valence-electron chi connectivity index (χ2n) is 15.9. The van der Waals surface area contributed by atoms with Crippen LogP contribution in [-0.4, -0.2) is 102 Å². The van der Waals surface area contributed by atoms with E-state index in [0.29, 0.717) is 59.3 Å². The Morgan fingerprint density at radius 3 is 2.54 bits per heavy atom. The van der Waals surface area contributed by atoms with Gasteiger partial charge in [-0.2, -0.15) is 9.97 Å². The molecule has 1 aromatic heterocycles. The Hall–Kier alpha value is -4.80. The molecule has 1 amide bonds. The summed E-state index contributed by atoms with van der Waals surface area (Å²) in [5.74, 6) is 2.00. The second-order valence-corrected chi connectivity index (χ2v) is 15.9. The van der Waals surface area contributed by atoms with Crippen molar-refractivity contribution in [2.75, 3.05) is 51.6 Å². The van der Waals surface area contributed by atoms with Gasteiger partial charge < -0.3 is 23.8 Å². The normalized spacial score (nSPS) is 23.9. The zero-order valence-corrected chi connectivity index (χ0v) is 31.0. The SMILES string of the molecule is C#Cc1c(F)ccc2cc(OCOC)cc(-c3ccc4c(N5CC6CCC(C5)N6C(=O)OC(C)(C)C)nc(OC[C@@]56CCCN5C[C@H](F)C6)nc4c3F)c12. The van der Waals surface area contributed by atoms with Gasteiger partial charge in [-0.3, -0.25) is 9.80 Å². The highest BCUT2D eigenvalue weighted by molar-refractivity contribution is 6.04. The minimum Gasteiger partial charge on any atom is -0.468 e. The summed E-state index contributed by atoms with van der Waals surface area (Å²) in [6.07, 6.45) is 8.16. The lowest BCUT2D eigenvalue weighted by molar-refractivity contribution is 0.0122. The molecule has 4 fully saturated rings. The maximum atomic E-state index is 17.3. The van der Waals surface area contributed by atoms with Crippen molar-refractivity contribution in [2.24, 2.45) is 0 Å². The van der Waals surface area contributed by atoms with Crippen LogP contribution >= 0.6 is 0 Å². The molecule has 2 unspecified atom stereocenters. The van der Waals surface area contributed by atoms with E-state index in [1.807, 2.05) is 25.7 Å². The average Bonchev–Trinajstić information content (AvgIpc) is 3.75. The third-order valence-corrected chi connectivity index (χ3v) is 11.2. The van der Waals surface area contributed by atoms with Crippen molar-refractivity contribution >= 4 is 33.6 Å². The van der Waals surface area contributed by atoms with Crippen LogP contribution in [0.3, 0.4) is 0 Å². The molecule has 0 spiro atoms. The molecule has 4 saturated heterocycles. The van der Waals surface area contributed by atoms with Crippen LogP contribution in [0.1, 0.15) is 58.4 Å². The predicted octanol–water partition coefficient (Wildman–Crippen LogP) is 7.24. The first-order valence-electron chi connectivity index (χ1n) is 18.5. The minimum atomic E-state index is -0.949. The number of ether oxygens (including phenoxy) is 4. The van der Waals surface area contributed by atoms with Crippen LogP contribution in [0.4, 0.5) is 23.8 Å². The Bertz CT molecular complexity index is 2160. The number of nitrogens with zero attached hydrogens (tertiary/aromatic N) is 5. The molecular formula is C41H44F3N5O5. The number of terminal acetylenes is 1. The zero-order valence-electron chi connectivity index (χ0n) is 31.0. The van der Waals surface area contributed by atoms with Gasteiger partial charge in [0.1, 0.15) is 41.3 Å². The van der Waals surface area contributed by atoms with E-state index in [4.69, 9.17) is 30.4 Å². The van der Waals surface area contributed by atoms with E-state index in [0.717, 1.165) is 32.2 Å².